The molecule has 1 aliphatic carbocycles. The summed E-state index contributed by atoms with van der Waals surface area (Å²) in [6.07, 6.45) is 1.92. The monoisotopic (exact) mass is 278 g/mol. The Labute approximate surface area is 117 Å². The van der Waals surface area contributed by atoms with E-state index in [1.165, 1.54) is 6.07 Å². The molecular weight excluding hydrogens is 260 g/mol. The minimum Gasteiger partial charge on any atom is -0.394 e. The van der Waals surface area contributed by atoms with Crippen molar-refractivity contribution in [2.24, 2.45) is 5.92 Å². The summed E-state index contributed by atoms with van der Waals surface area (Å²) in [4.78, 5) is 22.5. The Hall–Kier alpha value is -1.95. The highest BCUT2D eigenvalue weighted by molar-refractivity contribution is 5.80. The lowest BCUT2D eigenvalue weighted by molar-refractivity contribution is -0.385. The summed E-state index contributed by atoms with van der Waals surface area (Å²) >= 11 is 0. The number of nitrogens with zero attached hydrogens (tertiary/aromatic N) is 1. The predicted octanol–water partition coefficient (Wildman–Crippen LogP) is 1.41. The molecule has 0 aliphatic heterocycles. The van der Waals surface area contributed by atoms with Crippen molar-refractivity contribution in [2.45, 2.75) is 31.7 Å². The number of carbonyl (C=O) groups excluding carboxylic acids is 1. The van der Waals surface area contributed by atoms with E-state index < -0.39 is 10.5 Å². The average molecular weight is 278 g/mol. The van der Waals surface area contributed by atoms with Gasteiger partial charge < -0.3 is 10.4 Å². The molecule has 1 fully saturated rings. The molecule has 1 aliphatic rings. The Morgan fingerprint density at radius 3 is 2.70 bits per heavy atom. The lowest BCUT2D eigenvalue weighted by atomic mass is 9.96. The number of nitro benzene ring substituents is 1. The van der Waals surface area contributed by atoms with E-state index in [1.807, 2.05) is 6.92 Å². The Bertz CT molecular complexity index is 528. The Balaban J connectivity index is 2.06. The van der Waals surface area contributed by atoms with Gasteiger partial charge in [-0.2, -0.15) is 0 Å². The van der Waals surface area contributed by atoms with E-state index >= 15 is 0 Å². The van der Waals surface area contributed by atoms with E-state index in [0.717, 1.165) is 12.8 Å². The summed E-state index contributed by atoms with van der Waals surface area (Å²) < 4.78 is 0. The number of amides is 1. The van der Waals surface area contributed by atoms with Gasteiger partial charge in [0.05, 0.1) is 23.5 Å². The topological polar surface area (TPSA) is 92.5 Å². The fourth-order valence-corrected chi connectivity index (χ4v) is 2.37. The van der Waals surface area contributed by atoms with Gasteiger partial charge in [0.25, 0.3) is 5.69 Å². The molecule has 1 unspecified atom stereocenters. The number of hydrogen-bond donors (Lipinski definition) is 2. The van der Waals surface area contributed by atoms with Crippen molar-refractivity contribution in [1.29, 1.82) is 0 Å². The summed E-state index contributed by atoms with van der Waals surface area (Å²) in [6, 6.07) is 6.20. The van der Waals surface area contributed by atoms with Gasteiger partial charge in [-0.1, -0.05) is 18.2 Å². The molecule has 0 radical (unpaired) electrons. The molecule has 1 saturated carbocycles. The average Bonchev–Trinajstić information content (AvgIpc) is 3.23. The molecule has 1 atom stereocenters. The van der Waals surface area contributed by atoms with Crippen LogP contribution >= 0.6 is 0 Å². The molecule has 20 heavy (non-hydrogen) atoms. The number of carbonyl (C=O) groups is 1. The Morgan fingerprint density at radius 1 is 1.50 bits per heavy atom. The van der Waals surface area contributed by atoms with Gasteiger partial charge in [0.15, 0.2) is 0 Å². The van der Waals surface area contributed by atoms with Crippen LogP contribution in [-0.2, 0) is 11.2 Å². The first kappa shape index (κ1) is 14.5. The van der Waals surface area contributed by atoms with Gasteiger partial charge in [0.1, 0.15) is 0 Å². The van der Waals surface area contributed by atoms with Gasteiger partial charge in [0.2, 0.25) is 5.91 Å². The van der Waals surface area contributed by atoms with E-state index in [4.69, 9.17) is 0 Å². The van der Waals surface area contributed by atoms with Crippen molar-refractivity contribution in [2.75, 3.05) is 6.61 Å². The molecule has 1 amide bonds. The fourth-order valence-electron chi connectivity index (χ4n) is 2.37. The van der Waals surface area contributed by atoms with Crippen LogP contribution in [0.5, 0.6) is 0 Å². The number of para-hydroxylation sites is 1. The van der Waals surface area contributed by atoms with Crippen LogP contribution in [0.15, 0.2) is 24.3 Å². The lowest BCUT2D eigenvalue weighted by Gasteiger charge is -2.28. The second-order valence-corrected chi connectivity index (χ2v) is 5.46. The second-order valence-electron chi connectivity index (χ2n) is 5.46. The van der Waals surface area contributed by atoms with Crippen molar-refractivity contribution in [1.82, 2.24) is 5.32 Å². The van der Waals surface area contributed by atoms with Crippen molar-refractivity contribution < 1.29 is 14.8 Å². The minimum atomic E-state index is -0.624. The van der Waals surface area contributed by atoms with Crippen LogP contribution in [-0.4, -0.2) is 28.1 Å². The SMILES string of the molecule is CC(CO)(NC(=O)Cc1ccccc1[N+](=O)[O-])C1CC1. The highest BCUT2D eigenvalue weighted by atomic mass is 16.6. The molecule has 108 valence electrons. The fraction of sp³-hybridized carbons (Fsp3) is 0.500. The maximum atomic E-state index is 12.0. The Morgan fingerprint density at radius 2 is 2.15 bits per heavy atom. The number of rotatable bonds is 6. The van der Waals surface area contributed by atoms with E-state index in [2.05, 4.69) is 5.32 Å². The van der Waals surface area contributed by atoms with Gasteiger partial charge in [-0.05, 0) is 25.7 Å². The largest absolute Gasteiger partial charge is 0.394 e. The zero-order valence-corrected chi connectivity index (χ0v) is 11.3. The quantitative estimate of drug-likeness (QED) is 0.608. The molecule has 0 saturated heterocycles. The van der Waals surface area contributed by atoms with Gasteiger partial charge in [-0.15, -0.1) is 0 Å². The molecule has 1 aromatic carbocycles. The van der Waals surface area contributed by atoms with Crippen molar-refractivity contribution in [3.63, 3.8) is 0 Å². The first-order valence-corrected chi connectivity index (χ1v) is 6.60. The number of nitro groups is 1. The summed E-state index contributed by atoms with van der Waals surface area (Å²) in [5.41, 5.74) is -0.299. The number of aliphatic hydroxyl groups is 1. The number of nitrogens with one attached hydrogen (secondary N) is 1. The summed E-state index contributed by atoms with van der Waals surface area (Å²) in [7, 11) is 0. The smallest absolute Gasteiger partial charge is 0.273 e. The van der Waals surface area contributed by atoms with Crippen LogP contribution in [0.1, 0.15) is 25.3 Å². The van der Waals surface area contributed by atoms with Crippen LogP contribution in [0.25, 0.3) is 0 Å². The van der Waals surface area contributed by atoms with Crippen molar-refractivity contribution in [3.8, 4) is 0 Å². The maximum absolute atomic E-state index is 12.0. The Kier molecular flexibility index (Phi) is 4.04. The predicted molar refractivity (Wildman–Crippen MR) is 73.2 cm³/mol. The minimum absolute atomic E-state index is 0.0558. The van der Waals surface area contributed by atoms with Crippen LogP contribution in [0, 0.1) is 16.0 Å². The van der Waals surface area contributed by atoms with E-state index in [-0.39, 0.29) is 24.6 Å². The van der Waals surface area contributed by atoms with Crippen LogP contribution in [0.3, 0.4) is 0 Å². The first-order valence-electron chi connectivity index (χ1n) is 6.60. The molecule has 1 aromatic rings. The summed E-state index contributed by atoms with van der Waals surface area (Å²) in [5, 5.41) is 23.1. The standard InChI is InChI=1S/C14H18N2O4/c1-14(9-17,11-6-7-11)15-13(18)8-10-4-2-3-5-12(10)16(19)20/h2-5,11,17H,6-9H2,1H3,(H,15,18). The molecule has 2 rings (SSSR count). The second kappa shape index (κ2) is 5.58. The molecular formula is C14H18N2O4. The van der Waals surface area contributed by atoms with Crippen molar-refractivity contribution in [3.05, 3.63) is 39.9 Å². The van der Waals surface area contributed by atoms with Gasteiger partial charge in [-0.3, -0.25) is 14.9 Å². The van der Waals surface area contributed by atoms with Gasteiger partial charge in [0, 0.05) is 11.6 Å². The third-order valence-corrected chi connectivity index (χ3v) is 3.77. The molecule has 2 N–H and O–H groups in total. The zero-order chi connectivity index (χ0) is 14.8. The van der Waals surface area contributed by atoms with Crippen LogP contribution < -0.4 is 5.32 Å². The molecule has 0 spiro atoms. The molecule has 0 heterocycles. The molecule has 0 bridgehead atoms. The molecule has 0 aromatic heterocycles. The van der Waals surface area contributed by atoms with Crippen LogP contribution in [0.4, 0.5) is 5.69 Å². The maximum Gasteiger partial charge on any atom is 0.273 e. The number of hydrogen-bond acceptors (Lipinski definition) is 4. The molecule has 6 nitrogen and oxygen atoms in total. The third kappa shape index (κ3) is 3.14. The first-order chi connectivity index (χ1) is 9.46. The normalized spacial score (nSPS) is 17.3. The highest BCUT2D eigenvalue weighted by Crippen LogP contribution is 2.39. The van der Waals surface area contributed by atoms with Gasteiger partial charge in [-0.25, -0.2) is 0 Å². The summed E-state index contributed by atoms with van der Waals surface area (Å²) in [5.74, 6) is -0.00930. The van der Waals surface area contributed by atoms with Crippen LogP contribution in [0.2, 0.25) is 0 Å². The van der Waals surface area contributed by atoms with E-state index in [0.29, 0.717) is 11.5 Å². The number of aliphatic hydroxyl groups excluding tert-OH is 1. The van der Waals surface area contributed by atoms with Gasteiger partial charge >= 0.3 is 0 Å². The zero-order valence-electron chi connectivity index (χ0n) is 11.3. The van der Waals surface area contributed by atoms with E-state index in [1.54, 1.807) is 18.2 Å². The highest BCUT2D eigenvalue weighted by Gasteiger charge is 2.42. The lowest BCUT2D eigenvalue weighted by Crippen LogP contribution is -2.51. The van der Waals surface area contributed by atoms with Crippen molar-refractivity contribution >= 4 is 11.6 Å². The van der Waals surface area contributed by atoms with E-state index in [9.17, 15) is 20.0 Å². The summed E-state index contributed by atoms with van der Waals surface area (Å²) in [6.45, 7) is 1.68. The molecule has 6 heteroatoms. The third-order valence-electron chi connectivity index (χ3n) is 3.77. The number of benzene rings is 1.